The number of aliphatic imine (C=N–C) groups is 1. The molecule has 1 N–H and O–H groups in total. The molecule has 2 aliphatic rings. The Morgan fingerprint density at radius 3 is 3.00 bits per heavy atom. The standard InChI is InChI=1S/C13H15FN2S/c1-8-10(14)3-2-4-11(8)16-13-15-7-12(17-13)9-5-6-9/h2-4,9,12H,5-7H2,1H3,(H,15,16). The first kappa shape index (κ1) is 11.1. The van der Waals surface area contributed by atoms with Crippen molar-refractivity contribution in [1.82, 2.24) is 0 Å². The quantitative estimate of drug-likeness (QED) is 0.869. The van der Waals surface area contributed by atoms with Crippen LogP contribution >= 0.6 is 11.8 Å². The van der Waals surface area contributed by atoms with Gasteiger partial charge in [0.15, 0.2) is 5.17 Å². The highest BCUT2D eigenvalue weighted by Gasteiger charge is 2.35. The van der Waals surface area contributed by atoms with Crippen molar-refractivity contribution in [3.05, 3.63) is 29.6 Å². The van der Waals surface area contributed by atoms with Crippen molar-refractivity contribution < 1.29 is 4.39 Å². The first-order valence-corrected chi connectivity index (χ1v) is 6.85. The summed E-state index contributed by atoms with van der Waals surface area (Å²) >= 11 is 1.81. The number of nitrogens with zero attached hydrogens (tertiary/aromatic N) is 1. The largest absolute Gasteiger partial charge is 0.335 e. The molecule has 1 fully saturated rings. The van der Waals surface area contributed by atoms with Crippen LogP contribution < -0.4 is 5.32 Å². The summed E-state index contributed by atoms with van der Waals surface area (Å²) in [5, 5.41) is 4.82. The van der Waals surface area contributed by atoms with E-state index in [2.05, 4.69) is 10.3 Å². The third kappa shape index (κ3) is 2.32. The Morgan fingerprint density at radius 2 is 2.24 bits per heavy atom. The molecular formula is C13H15FN2S. The maximum absolute atomic E-state index is 13.4. The molecule has 3 rings (SSSR count). The van der Waals surface area contributed by atoms with E-state index in [9.17, 15) is 4.39 Å². The molecule has 1 aliphatic carbocycles. The lowest BCUT2D eigenvalue weighted by molar-refractivity contribution is 0.619. The van der Waals surface area contributed by atoms with Gasteiger partial charge in [0.05, 0.1) is 6.54 Å². The molecule has 1 heterocycles. The number of benzene rings is 1. The maximum atomic E-state index is 13.4. The average Bonchev–Trinajstić information content (AvgIpc) is 3.06. The second-order valence-electron chi connectivity index (χ2n) is 4.68. The van der Waals surface area contributed by atoms with Crippen LogP contribution in [0.5, 0.6) is 0 Å². The Balaban J connectivity index is 1.69. The number of hydrogen-bond acceptors (Lipinski definition) is 3. The van der Waals surface area contributed by atoms with E-state index in [0.717, 1.165) is 23.3 Å². The topological polar surface area (TPSA) is 24.4 Å². The lowest BCUT2D eigenvalue weighted by atomic mass is 10.2. The van der Waals surface area contributed by atoms with E-state index in [-0.39, 0.29) is 5.82 Å². The molecule has 1 saturated carbocycles. The minimum absolute atomic E-state index is 0.169. The summed E-state index contributed by atoms with van der Waals surface area (Å²) in [5.74, 6) is 0.689. The summed E-state index contributed by atoms with van der Waals surface area (Å²) in [7, 11) is 0. The van der Waals surface area contributed by atoms with Gasteiger partial charge in [-0.1, -0.05) is 17.8 Å². The molecule has 0 radical (unpaired) electrons. The van der Waals surface area contributed by atoms with Gasteiger partial charge in [-0.15, -0.1) is 0 Å². The van der Waals surface area contributed by atoms with Crippen molar-refractivity contribution in [2.75, 3.05) is 11.9 Å². The van der Waals surface area contributed by atoms with Crippen molar-refractivity contribution in [2.24, 2.45) is 10.9 Å². The van der Waals surface area contributed by atoms with Crippen LogP contribution in [0.25, 0.3) is 0 Å². The molecule has 1 unspecified atom stereocenters. The van der Waals surface area contributed by atoms with Crippen LogP contribution in [0.2, 0.25) is 0 Å². The van der Waals surface area contributed by atoms with Crippen molar-refractivity contribution in [3.8, 4) is 0 Å². The Labute approximate surface area is 105 Å². The molecule has 90 valence electrons. The molecule has 1 atom stereocenters. The Bertz CT molecular complexity index is 468. The SMILES string of the molecule is Cc1c(F)cccc1NC1=NCC(C2CC2)S1. The third-order valence-corrected chi connectivity index (χ3v) is 4.63. The summed E-state index contributed by atoms with van der Waals surface area (Å²) < 4.78 is 13.4. The van der Waals surface area contributed by atoms with Crippen LogP contribution in [0, 0.1) is 18.7 Å². The van der Waals surface area contributed by atoms with Gasteiger partial charge in [-0.05, 0) is 37.8 Å². The Hall–Kier alpha value is -1.03. The molecule has 1 aliphatic heterocycles. The summed E-state index contributed by atoms with van der Waals surface area (Å²) in [4.78, 5) is 4.49. The zero-order valence-electron chi connectivity index (χ0n) is 9.74. The van der Waals surface area contributed by atoms with Crippen LogP contribution in [0.4, 0.5) is 10.1 Å². The van der Waals surface area contributed by atoms with Gasteiger partial charge in [-0.25, -0.2) is 4.39 Å². The lowest BCUT2D eigenvalue weighted by Gasteiger charge is -2.10. The predicted octanol–water partition coefficient (Wildman–Crippen LogP) is 3.43. The van der Waals surface area contributed by atoms with Gasteiger partial charge in [0.25, 0.3) is 0 Å². The molecule has 17 heavy (non-hydrogen) atoms. The van der Waals surface area contributed by atoms with Gasteiger partial charge < -0.3 is 5.32 Å². The molecule has 0 spiro atoms. The highest BCUT2D eigenvalue weighted by atomic mass is 32.2. The smallest absolute Gasteiger partial charge is 0.161 e. The lowest BCUT2D eigenvalue weighted by Crippen LogP contribution is -2.10. The first-order chi connectivity index (χ1) is 8.24. The minimum atomic E-state index is -0.169. The van der Waals surface area contributed by atoms with Crippen molar-refractivity contribution in [3.63, 3.8) is 0 Å². The molecule has 0 aromatic heterocycles. The normalized spacial score (nSPS) is 23.6. The van der Waals surface area contributed by atoms with E-state index < -0.39 is 0 Å². The van der Waals surface area contributed by atoms with Crippen LogP contribution in [0.3, 0.4) is 0 Å². The zero-order chi connectivity index (χ0) is 11.8. The van der Waals surface area contributed by atoms with Gasteiger partial charge in [-0.3, -0.25) is 4.99 Å². The third-order valence-electron chi connectivity index (χ3n) is 3.33. The van der Waals surface area contributed by atoms with Crippen molar-refractivity contribution >= 4 is 22.6 Å². The highest BCUT2D eigenvalue weighted by Crippen LogP contribution is 2.42. The van der Waals surface area contributed by atoms with Gasteiger partial charge in [0.2, 0.25) is 0 Å². The van der Waals surface area contributed by atoms with Crippen molar-refractivity contribution in [1.29, 1.82) is 0 Å². The molecule has 4 heteroatoms. The fourth-order valence-electron chi connectivity index (χ4n) is 2.03. The van der Waals surface area contributed by atoms with Crippen LogP contribution in [-0.4, -0.2) is 17.0 Å². The molecule has 1 aromatic carbocycles. The van der Waals surface area contributed by atoms with Crippen LogP contribution in [0.1, 0.15) is 18.4 Å². The number of halogens is 1. The van der Waals surface area contributed by atoms with Crippen LogP contribution in [-0.2, 0) is 0 Å². The van der Waals surface area contributed by atoms with Gasteiger partial charge in [0.1, 0.15) is 5.82 Å². The Morgan fingerprint density at radius 1 is 1.41 bits per heavy atom. The first-order valence-electron chi connectivity index (χ1n) is 5.97. The summed E-state index contributed by atoms with van der Waals surface area (Å²) in [6.45, 7) is 2.70. The molecule has 1 aromatic rings. The van der Waals surface area contributed by atoms with E-state index in [1.165, 1.54) is 18.9 Å². The summed E-state index contributed by atoms with van der Waals surface area (Å²) in [6.07, 6.45) is 2.69. The molecular weight excluding hydrogens is 235 g/mol. The Kier molecular flexibility index (Phi) is 2.82. The monoisotopic (exact) mass is 250 g/mol. The number of rotatable bonds is 2. The molecule has 2 nitrogen and oxygen atoms in total. The predicted molar refractivity (Wildman–Crippen MR) is 71.2 cm³/mol. The second kappa shape index (κ2) is 4.33. The zero-order valence-corrected chi connectivity index (χ0v) is 10.6. The van der Waals surface area contributed by atoms with E-state index in [1.807, 2.05) is 17.8 Å². The van der Waals surface area contributed by atoms with Crippen molar-refractivity contribution in [2.45, 2.75) is 25.0 Å². The maximum Gasteiger partial charge on any atom is 0.161 e. The highest BCUT2D eigenvalue weighted by molar-refractivity contribution is 8.15. The summed E-state index contributed by atoms with van der Waals surface area (Å²) in [5.41, 5.74) is 1.48. The fraction of sp³-hybridized carbons (Fsp3) is 0.462. The number of thioether (sulfide) groups is 1. The number of hydrogen-bond donors (Lipinski definition) is 1. The minimum Gasteiger partial charge on any atom is -0.335 e. The van der Waals surface area contributed by atoms with E-state index >= 15 is 0 Å². The van der Waals surface area contributed by atoms with Gasteiger partial charge in [-0.2, -0.15) is 0 Å². The van der Waals surface area contributed by atoms with E-state index in [0.29, 0.717) is 10.8 Å². The number of amidine groups is 1. The van der Waals surface area contributed by atoms with Gasteiger partial charge >= 0.3 is 0 Å². The number of anilines is 1. The van der Waals surface area contributed by atoms with Gasteiger partial charge in [0, 0.05) is 16.5 Å². The average molecular weight is 250 g/mol. The van der Waals surface area contributed by atoms with Crippen LogP contribution in [0.15, 0.2) is 23.2 Å². The molecule has 0 saturated heterocycles. The second-order valence-corrected chi connectivity index (χ2v) is 5.90. The fourth-order valence-corrected chi connectivity index (χ4v) is 3.25. The summed E-state index contributed by atoms with van der Waals surface area (Å²) in [6, 6.07) is 5.10. The van der Waals surface area contributed by atoms with E-state index in [1.54, 1.807) is 13.0 Å². The molecule has 0 bridgehead atoms. The van der Waals surface area contributed by atoms with E-state index in [4.69, 9.17) is 0 Å². The number of nitrogens with one attached hydrogen (secondary N) is 1. The molecule has 0 amide bonds.